The second-order valence-electron chi connectivity index (χ2n) is 3.48. The molecule has 0 amide bonds. The molecule has 0 unspecified atom stereocenters. The Bertz CT molecular complexity index is 198. The Morgan fingerprint density at radius 3 is 3.38 bits per heavy atom. The van der Waals surface area contributed by atoms with E-state index < -0.39 is 0 Å². The highest BCUT2D eigenvalue weighted by molar-refractivity contribution is 14.2. The Kier molecular flexibility index (Phi) is 3.71. The van der Waals surface area contributed by atoms with Crippen molar-refractivity contribution in [2.24, 2.45) is 0 Å². The molecule has 2 atom stereocenters. The van der Waals surface area contributed by atoms with Crippen LogP contribution in [0.2, 0.25) is 0 Å². The predicted molar refractivity (Wildman–Crippen MR) is 61.5 cm³/mol. The molecule has 13 heavy (non-hydrogen) atoms. The van der Waals surface area contributed by atoms with Crippen LogP contribution in [0.25, 0.3) is 0 Å². The lowest BCUT2D eigenvalue weighted by Crippen LogP contribution is -2.46. The number of halogens is 1. The van der Waals surface area contributed by atoms with Crippen LogP contribution < -0.4 is 0 Å². The Labute approximate surface area is 88.8 Å². The van der Waals surface area contributed by atoms with E-state index in [1.54, 1.807) is 0 Å². The Morgan fingerprint density at radius 1 is 1.62 bits per heavy atom. The first-order valence-corrected chi connectivity index (χ1v) is 7.29. The van der Waals surface area contributed by atoms with E-state index in [0.29, 0.717) is 16.8 Å². The number of rotatable bonds is 3. The fraction of sp³-hybridized carbons (Fsp3) is 0.889. The first kappa shape index (κ1) is 10.0. The van der Waals surface area contributed by atoms with Crippen LogP contribution in [-0.4, -0.2) is 50.5 Å². The zero-order chi connectivity index (χ0) is 9.10. The van der Waals surface area contributed by atoms with Gasteiger partial charge in [-0.25, -0.2) is 0 Å². The highest BCUT2D eigenvalue weighted by atomic mass is 127. The van der Waals surface area contributed by atoms with Crippen molar-refractivity contribution in [1.29, 1.82) is 0 Å². The summed E-state index contributed by atoms with van der Waals surface area (Å²) in [6.07, 6.45) is 2.50. The van der Waals surface area contributed by atoms with E-state index >= 15 is 0 Å². The molecule has 0 radical (unpaired) electrons. The van der Waals surface area contributed by atoms with Crippen LogP contribution in [0.3, 0.4) is 0 Å². The van der Waals surface area contributed by atoms with E-state index in [0.717, 1.165) is 32.5 Å². The number of alkyl halides is 1. The number of hydrogen-bond acceptors (Lipinski definition) is 3. The van der Waals surface area contributed by atoms with Crippen molar-refractivity contribution in [1.82, 2.24) is 4.90 Å². The molecule has 0 aromatic rings. The van der Waals surface area contributed by atoms with Gasteiger partial charge in [0.15, 0.2) is 0 Å². The summed E-state index contributed by atoms with van der Waals surface area (Å²) in [5, 5.41) is 8.78. The number of aliphatic hydroxyl groups excluding tert-OH is 1. The van der Waals surface area contributed by atoms with Crippen LogP contribution in [0, 0.1) is 0 Å². The van der Waals surface area contributed by atoms with Gasteiger partial charge in [-0.15, -0.1) is 20.7 Å². The molecule has 4 heteroatoms. The molecule has 3 aliphatic heterocycles. The van der Waals surface area contributed by atoms with Crippen molar-refractivity contribution in [3.05, 3.63) is 0 Å². The highest BCUT2D eigenvalue weighted by Gasteiger charge is 2.28. The number of fused-ring (bicyclic) bond motifs is 3. The van der Waals surface area contributed by atoms with E-state index in [9.17, 15) is 0 Å². The molecule has 2 bridgehead atoms. The maximum Gasteiger partial charge on any atom is 0.0805 e. The molecular formula is C9H16INO2. The number of nitrogens with zero attached hydrogens (tertiary/aromatic N) is 1. The van der Waals surface area contributed by atoms with Gasteiger partial charge in [0.25, 0.3) is 0 Å². The van der Waals surface area contributed by atoms with Crippen molar-refractivity contribution in [3.63, 3.8) is 0 Å². The third-order valence-electron chi connectivity index (χ3n) is 2.49. The smallest absolute Gasteiger partial charge is 0.0805 e. The van der Waals surface area contributed by atoms with E-state index in [4.69, 9.17) is 9.84 Å². The summed E-state index contributed by atoms with van der Waals surface area (Å²) in [4.78, 5) is 2.52. The van der Waals surface area contributed by atoms with Crippen LogP contribution in [0.4, 0.5) is 0 Å². The molecule has 3 heterocycles. The van der Waals surface area contributed by atoms with Gasteiger partial charge in [0.2, 0.25) is 0 Å². The quantitative estimate of drug-likeness (QED) is 0.470. The van der Waals surface area contributed by atoms with Crippen LogP contribution in [0.15, 0.2) is 0 Å². The minimum Gasteiger partial charge on any atom is -0.396 e. The Balaban J connectivity index is 1.93. The molecule has 0 aliphatic carbocycles. The molecular weight excluding hydrogens is 281 g/mol. The molecule has 1 saturated heterocycles. The first-order valence-electron chi connectivity index (χ1n) is 4.80. The second kappa shape index (κ2) is 4.82. The second-order valence-corrected chi connectivity index (χ2v) is 6.52. The number of morpholine rings is 1. The van der Waals surface area contributed by atoms with Gasteiger partial charge in [-0.3, -0.25) is 4.90 Å². The topological polar surface area (TPSA) is 32.7 Å². The molecule has 3 aliphatic rings. The van der Waals surface area contributed by atoms with Crippen molar-refractivity contribution in [2.75, 3.05) is 26.3 Å². The minimum atomic E-state index is 0.199. The molecule has 1 N–H and O–H groups in total. The van der Waals surface area contributed by atoms with Crippen molar-refractivity contribution >= 4 is 24.7 Å². The molecule has 0 saturated carbocycles. The normalized spacial score (nSPS) is 34.2. The van der Waals surface area contributed by atoms with Crippen LogP contribution in [0.5, 0.6) is 0 Å². The summed E-state index contributed by atoms with van der Waals surface area (Å²) in [5.74, 6) is 0. The zero-order valence-electron chi connectivity index (χ0n) is 7.66. The standard InChI is InChI=1S/C9H16INO2/c12-5-1-4-11-6-8-2-3-10-9(11)7-13-8/h3,8-9,12H,1-2,4-7H2/t8-,9+/m0/s1. The largest absolute Gasteiger partial charge is 0.396 e. The molecule has 0 aromatic heterocycles. The van der Waals surface area contributed by atoms with Gasteiger partial charge in [0.1, 0.15) is 0 Å². The highest BCUT2D eigenvalue weighted by Crippen LogP contribution is 2.26. The molecule has 0 spiro atoms. The fourth-order valence-electron chi connectivity index (χ4n) is 1.77. The Morgan fingerprint density at radius 2 is 2.54 bits per heavy atom. The summed E-state index contributed by atoms with van der Waals surface area (Å²) >= 11 is 0.199. The lowest BCUT2D eigenvalue weighted by atomic mass is 10.2. The zero-order valence-corrected chi connectivity index (χ0v) is 9.81. The van der Waals surface area contributed by atoms with Gasteiger partial charge >= 0.3 is 0 Å². The summed E-state index contributed by atoms with van der Waals surface area (Å²) in [5.41, 5.74) is 0. The van der Waals surface area contributed by atoms with Crippen LogP contribution >= 0.6 is 20.7 Å². The minimum absolute atomic E-state index is 0.199. The maximum atomic E-state index is 8.78. The summed E-state index contributed by atoms with van der Waals surface area (Å²) in [7, 11) is 0. The van der Waals surface area contributed by atoms with E-state index in [1.807, 2.05) is 0 Å². The van der Waals surface area contributed by atoms with Gasteiger partial charge in [-0.05, 0) is 12.8 Å². The molecule has 1 fully saturated rings. The van der Waals surface area contributed by atoms with Gasteiger partial charge in [-0.1, -0.05) is 4.01 Å². The van der Waals surface area contributed by atoms with Crippen LogP contribution in [0.1, 0.15) is 12.8 Å². The lowest BCUT2D eigenvalue weighted by molar-refractivity contribution is -0.0298. The van der Waals surface area contributed by atoms with E-state index in [2.05, 4.69) is 8.91 Å². The van der Waals surface area contributed by atoms with Crippen molar-refractivity contribution in [3.8, 4) is 0 Å². The van der Waals surface area contributed by atoms with Crippen molar-refractivity contribution in [2.45, 2.75) is 23.0 Å². The Hall–Kier alpha value is 0.480. The van der Waals surface area contributed by atoms with Crippen LogP contribution in [-0.2, 0) is 4.74 Å². The SMILES string of the molecule is OCCCN1C[C@@H]2CC=I[C@H]1CO2. The van der Waals surface area contributed by atoms with Crippen molar-refractivity contribution < 1.29 is 9.84 Å². The summed E-state index contributed by atoms with van der Waals surface area (Å²) in [6.45, 7) is 3.38. The summed E-state index contributed by atoms with van der Waals surface area (Å²) in [6, 6.07) is 0. The molecule has 3 nitrogen and oxygen atoms in total. The molecule has 76 valence electrons. The van der Waals surface area contributed by atoms with E-state index in [-0.39, 0.29) is 20.7 Å². The fourth-order valence-corrected chi connectivity index (χ4v) is 4.59. The average molecular weight is 297 g/mol. The third-order valence-corrected chi connectivity index (χ3v) is 5.49. The predicted octanol–water partition coefficient (Wildman–Crippen LogP) is 0.572. The number of ether oxygens (including phenoxy) is 1. The maximum absolute atomic E-state index is 8.78. The number of hydrogen-bond donors (Lipinski definition) is 1. The molecule has 3 rings (SSSR count). The average Bonchev–Trinajstić information content (AvgIpc) is 2.48. The first-order chi connectivity index (χ1) is 6.40. The van der Waals surface area contributed by atoms with Gasteiger partial charge in [0, 0.05) is 19.7 Å². The lowest BCUT2D eigenvalue weighted by Gasteiger charge is -2.35. The van der Waals surface area contributed by atoms with Gasteiger partial charge in [0.05, 0.1) is 16.8 Å². The summed E-state index contributed by atoms with van der Waals surface area (Å²) < 4.78 is 8.85. The number of aliphatic hydroxyl groups is 1. The van der Waals surface area contributed by atoms with Gasteiger partial charge in [-0.2, -0.15) is 0 Å². The van der Waals surface area contributed by atoms with Gasteiger partial charge < -0.3 is 9.84 Å². The third kappa shape index (κ3) is 2.49. The molecule has 0 aromatic carbocycles. The van der Waals surface area contributed by atoms with E-state index in [1.165, 1.54) is 0 Å². The monoisotopic (exact) mass is 297 g/mol.